The highest BCUT2D eigenvalue weighted by Gasteiger charge is 2.31. The number of rotatable bonds is 3. The van der Waals surface area contributed by atoms with E-state index in [1.54, 1.807) is 7.11 Å². The van der Waals surface area contributed by atoms with Crippen LogP contribution in [0.4, 0.5) is 0 Å². The molecule has 0 amide bonds. The SMILES string of the molecule is CCOC(=O)C1CCCc2c1[nH]c1c(OC)cccc21. The molecular weight excluding hydrogens is 254 g/mol. The average Bonchev–Trinajstić information content (AvgIpc) is 2.85. The summed E-state index contributed by atoms with van der Waals surface area (Å²) in [6, 6.07) is 6.01. The number of nitrogens with one attached hydrogen (secondary N) is 1. The van der Waals surface area contributed by atoms with Crippen LogP contribution < -0.4 is 4.74 Å². The maximum atomic E-state index is 12.1. The van der Waals surface area contributed by atoms with E-state index in [9.17, 15) is 4.79 Å². The van der Waals surface area contributed by atoms with Crippen LogP contribution >= 0.6 is 0 Å². The van der Waals surface area contributed by atoms with Gasteiger partial charge in [0.1, 0.15) is 5.75 Å². The Morgan fingerprint density at radius 3 is 3.05 bits per heavy atom. The predicted octanol–water partition coefficient (Wildman–Crippen LogP) is 3.16. The molecule has 1 heterocycles. The second-order valence-electron chi connectivity index (χ2n) is 5.10. The first-order chi connectivity index (χ1) is 9.76. The van der Waals surface area contributed by atoms with Gasteiger partial charge in [-0.05, 0) is 37.8 Å². The van der Waals surface area contributed by atoms with Gasteiger partial charge in [0.25, 0.3) is 0 Å². The Morgan fingerprint density at radius 1 is 1.45 bits per heavy atom. The number of aromatic amines is 1. The van der Waals surface area contributed by atoms with Gasteiger partial charge < -0.3 is 14.5 Å². The van der Waals surface area contributed by atoms with Crippen LogP contribution in [0.15, 0.2) is 18.2 Å². The van der Waals surface area contributed by atoms with Crippen LogP contribution in [0.5, 0.6) is 5.75 Å². The Balaban J connectivity index is 2.12. The Bertz CT molecular complexity index is 644. The third-order valence-electron chi connectivity index (χ3n) is 4.00. The third-order valence-corrected chi connectivity index (χ3v) is 4.00. The summed E-state index contributed by atoms with van der Waals surface area (Å²) >= 11 is 0. The van der Waals surface area contributed by atoms with Crippen LogP contribution in [0.1, 0.15) is 36.9 Å². The summed E-state index contributed by atoms with van der Waals surface area (Å²) in [6.45, 7) is 2.27. The Hall–Kier alpha value is -1.97. The molecule has 0 saturated heterocycles. The molecule has 0 bridgehead atoms. The topological polar surface area (TPSA) is 51.3 Å². The van der Waals surface area contributed by atoms with Crippen LogP contribution in [0.2, 0.25) is 0 Å². The maximum Gasteiger partial charge on any atom is 0.314 e. The lowest BCUT2D eigenvalue weighted by molar-refractivity contribution is -0.145. The number of esters is 1. The van der Waals surface area contributed by atoms with Crippen molar-refractivity contribution in [3.8, 4) is 5.75 Å². The van der Waals surface area contributed by atoms with Crippen LogP contribution in [0.25, 0.3) is 10.9 Å². The van der Waals surface area contributed by atoms with E-state index in [1.807, 2.05) is 19.1 Å². The minimum Gasteiger partial charge on any atom is -0.495 e. The standard InChI is InChI=1S/C16H19NO3/c1-3-20-16(18)12-8-4-6-10-11-7-5-9-13(19-2)15(11)17-14(10)12/h5,7,9,12,17H,3-4,6,8H2,1-2H3. The zero-order valence-electron chi connectivity index (χ0n) is 11.9. The summed E-state index contributed by atoms with van der Waals surface area (Å²) in [5.74, 6) is 0.522. The van der Waals surface area contributed by atoms with Gasteiger partial charge in [-0.3, -0.25) is 4.79 Å². The molecule has 4 nitrogen and oxygen atoms in total. The number of fused-ring (bicyclic) bond motifs is 3. The number of H-pyrrole nitrogens is 1. The van der Waals surface area contributed by atoms with E-state index >= 15 is 0 Å². The minimum atomic E-state index is -0.171. The lowest BCUT2D eigenvalue weighted by Crippen LogP contribution is -2.20. The lowest BCUT2D eigenvalue weighted by Gasteiger charge is -2.20. The van der Waals surface area contributed by atoms with Crippen LogP contribution in [0, 0.1) is 0 Å². The van der Waals surface area contributed by atoms with Crippen molar-refractivity contribution in [3.05, 3.63) is 29.5 Å². The molecule has 0 aliphatic heterocycles. The van der Waals surface area contributed by atoms with E-state index in [1.165, 1.54) is 5.56 Å². The summed E-state index contributed by atoms with van der Waals surface area (Å²) in [4.78, 5) is 15.5. The van der Waals surface area contributed by atoms with Crippen molar-refractivity contribution in [2.75, 3.05) is 13.7 Å². The number of aryl methyl sites for hydroxylation is 1. The maximum absolute atomic E-state index is 12.1. The summed E-state index contributed by atoms with van der Waals surface area (Å²) in [5.41, 5.74) is 3.23. The quantitative estimate of drug-likeness (QED) is 0.874. The number of carbonyl (C=O) groups excluding carboxylic acids is 1. The van der Waals surface area contributed by atoms with Gasteiger partial charge in [-0.15, -0.1) is 0 Å². The van der Waals surface area contributed by atoms with Gasteiger partial charge in [0.15, 0.2) is 0 Å². The molecule has 1 aromatic heterocycles. The van der Waals surface area contributed by atoms with Gasteiger partial charge in [0.05, 0.1) is 25.2 Å². The van der Waals surface area contributed by atoms with Gasteiger partial charge in [0.2, 0.25) is 0 Å². The molecule has 1 aliphatic rings. The molecule has 1 atom stereocenters. The highest BCUT2D eigenvalue weighted by Crippen LogP contribution is 2.39. The fraction of sp³-hybridized carbons (Fsp3) is 0.438. The number of para-hydroxylation sites is 1. The molecule has 2 aromatic rings. The van der Waals surface area contributed by atoms with Gasteiger partial charge in [-0.25, -0.2) is 0 Å². The second kappa shape index (κ2) is 5.19. The summed E-state index contributed by atoms with van der Waals surface area (Å²) in [5, 5.41) is 1.16. The monoisotopic (exact) mass is 273 g/mol. The number of benzene rings is 1. The van der Waals surface area contributed by atoms with Crippen molar-refractivity contribution in [2.45, 2.75) is 32.1 Å². The van der Waals surface area contributed by atoms with Crippen molar-refractivity contribution in [1.29, 1.82) is 0 Å². The highest BCUT2D eigenvalue weighted by molar-refractivity contribution is 5.92. The molecular formula is C16H19NO3. The molecule has 1 unspecified atom stereocenters. The van der Waals surface area contributed by atoms with E-state index in [4.69, 9.17) is 9.47 Å². The fourth-order valence-corrected chi connectivity index (χ4v) is 3.11. The zero-order chi connectivity index (χ0) is 14.1. The van der Waals surface area contributed by atoms with E-state index < -0.39 is 0 Å². The summed E-state index contributed by atoms with van der Waals surface area (Å²) < 4.78 is 10.6. The molecule has 1 aliphatic carbocycles. The Labute approximate surface area is 118 Å². The number of hydrogen-bond donors (Lipinski definition) is 1. The number of aromatic nitrogens is 1. The largest absolute Gasteiger partial charge is 0.495 e. The molecule has 0 saturated carbocycles. The molecule has 0 fully saturated rings. The first-order valence-electron chi connectivity index (χ1n) is 7.10. The van der Waals surface area contributed by atoms with E-state index in [0.29, 0.717) is 6.61 Å². The van der Waals surface area contributed by atoms with Crippen molar-refractivity contribution >= 4 is 16.9 Å². The third kappa shape index (κ3) is 1.96. The highest BCUT2D eigenvalue weighted by atomic mass is 16.5. The molecule has 3 rings (SSSR count). The number of methoxy groups -OCH3 is 1. The molecule has 4 heteroatoms. The summed E-state index contributed by atoms with van der Waals surface area (Å²) in [7, 11) is 1.66. The van der Waals surface area contributed by atoms with Gasteiger partial charge >= 0.3 is 5.97 Å². The predicted molar refractivity (Wildman–Crippen MR) is 77.2 cm³/mol. The molecule has 1 aromatic carbocycles. The molecule has 0 spiro atoms. The molecule has 0 radical (unpaired) electrons. The van der Waals surface area contributed by atoms with Crippen molar-refractivity contribution in [3.63, 3.8) is 0 Å². The Kier molecular flexibility index (Phi) is 3.38. The average molecular weight is 273 g/mol. The number of hydrogen-bond acceptors (Lipinski definition) is 3. The lowest BCUT2D eigenvalue weighted by atomic mass is 9.87. The smallest absolute Gasteiger partial charge is 0.314 e. The fourth-order valence-electron chi connectivity index (χ4n) is 3.11. The van der Waals surface area contributed by atoms with E-state index in [0.717, 1.165) is 41.6 Å². The van der Waals surface area contributed by atoms with Crippen molar-refractivity contribution in [1.82, 2.24) is 4.98 Å². The van der Waals surface area contributed by atoms with Crippen LogP contribution in [0.3, 0.4) is 0 Å². The molecule has 1 N–H and O–H groups in total. The first-order valence-corrected chi connectivity index (χ1v) is 7.10. The van der Waals surface area contributed by atoms with Gasteiger partial charge in [-0.1, -0.05) is 12.1 Å². The molecule has 106 valence electrons. The second-order valence-corrected chi connectivity index (χ2v) is 5.10. The number of ether oxygens (including phenoxy) is 2. The van der Waals surface area contributed by atoms with Crippen LogP contribution in [-0.4, -0.2) is 24.7 Å². The van der Waals surface area contributed by atoms with Crippen LogP contribution in [-0.2, 0) is 16.0 Å². The van der Waals surface area contributed by atoms with E-state index in [2.05, 4.69) is 11.1 Å². The summed E-state index contributed by atoms with van der Waals surface area (Å²) in [6.07, 6.45) is 2.86. The zero-order valence-corrected chi connectivity index (χ0v) is 11.9. The Morgan fingerprint density at radius 2 is 2.30 bits per heavy atom. The van der Waals surface area contributed by atoms with Gasteiger partial charge in [0, 0.05) is 11.1 Å². The molecule has 20 heavy (non-hydrogen) atoms. The minimum absolute atomic E-state index is 0.126. The van der Waals surface area contributed by atoms with Gasteiger partial charge in [-0.2, -0.15) is 0 Å². The van der Waals surface area contributed by atoms with Crippen molar-refractivity contribution < 1.29 is 14.3 Å². The normalized spacial score (nSPS) is 17.8. The van der Waals surface area contributed by atoms with E-state index in [-0.39, 0.29) is 11.9 Å². The van der Waals surface area contributed by atoms with Crippen molar-refractivity contribution in [2.24, 2.45) is 0 Å². The first kappa shape index (κ1) is 13.0. The number of carbonyl (C=O) groups is 1.